The van der Waals surface area contributed by atoms with Crippen molar-refractivity contribution in [2.75, 3.05) is 32.0 Å². The average molecular weight is 346 g/mol. The quantitative estimate of drug-likeness (QED) is 0.789. The van der Waals surface area contributed by atoms with Gasteiger partial charge in [0.15, 0.2) is 0 Å². The van der Waals surface area contributed by atoms with E-state index in [0.29, 0.717) is 28.6 Å². The van der Waals surface area contributed by atoms with Gasteiger partial charge in [-0.2, -0.15) is 0 Å². The molecule has 1 saturated heterocycles. The van der Waals surface area contributed by atoms with Crippen LogP contribution in [0, 0.1) is 6.92 Å². The van der Waals surface area contributed by atoms with Gasteiger partial charge in [0, 0.05) is 35.4 Å². The predicted octanol–water partition coefficient (Wildman–Crippen LogP) is 2.88. The molecule has 1 aromatic carbocycles. The number of benzene rings is 1. The van der Waals surface area contributed by atoms with Crippen LogP contribution in [0.1, 0.15) is 18.4 Å². The third-order valence-corrected chi connectivity index (χ3v) is 4.82. The maximum Gasteiger partial charge on any atom is 0.319 e. The first-order valence-corrected chi connectivity index (χ1v) is 7.96. The number of anilines is 1. The van der Waals surface area contributed by atoms with Crippen LogP contribution in [-0.2, 0) is 0 Å². The first-order chi connectivity index (χ1) is 10.3. The summed E-state index contributed by atoms with van der Waals surface area (Å²) in [5.74, 6) is 0. The van der Waals surface area contributed by atoms with Crippen molar-refractivity contribution >= 4 is 34.9 Å². The number of nitrogens with zero attached hydrogens (tertiary/aromatic N) is 1. The Kier molecular flexibility index (Phi) is 5.55. The number of carbonyl (C=O) groups excluding carboxylic acids is 1. The monoisotopic (exact) mass is 345 g/mol. The van der Waals surface area contributed by atoms with E-state index in [-0.39, 0.29) is 12.6 Å². The van der Waals surface area contributed by atoms with Crippen LogP contribution >= 0.6 is 23.2 Å². The highest BCUT2D eigenvalue weighted by atomic mass is 35.5. The van der Waals surface area contributed by atoms with Gasteiger partial charge in [-0.05, 0) is 44.5 Å². The fraction of sp³-hybridized carbons (Fsp3) is 0.533. The molecule has 1 aromatic rings. The Morgan fingerprint density at radius 1 is 1.32 bits per heavy atom. The van der Waals surface area contributed by atoms with Crippen LogP contribution in [0.4, 0.5) is 10.5 Å². The number of likely N-dealkylation sites (tertiary alicyclic amines) is 1. The van der Waals surface area contributed by atoms with Crippen molar-refractivity contribution in [1.82, 2.24) is 10.2 Å². The number of hydrogen-bond acceptors (Lipinski definition) is 3. The Labute approximate surface area is 140 Å². The number of halogens is 2. The van der Waals surface area contributed by atoms with E-state index in [9.17, 15) is 9.90 Å². The van der Waals surface area contributed by atoms with Crippen LogP contribution in [-0.4, -0.2) is 48.3 Å². The van der Waals surface area contributed by atoms with Gasteiger partial charge in [-0.3, -0.25) is 0 Å². The Morgan fingerprint density at radius 2 is 1.86 bits per heavy atom. The summed E-state index contributed by atoms with van der Waals surface area (Å²) in [7, 11) is 2.02. The second-order valence-corrected chi connectivity index (χ2v) is 6.71. The molecule has 5 nitrogen and oxygen atoms in total. The SMILES string of the molecule is Cc1c(Cl)cc(NC(=O)NCC2(O)CCN(C)CC2)cc1Cl. The molecule has 0 unspecified atom stereocenters. The van der Waals surface area contributed by atoms with Gasteiger partial charge in [0.2, 0.25) is 0 Å². The van der Waals surface area contributed by atoms with Crippen LogP contribution in [0.5, 0.6) is 0 Å². The van der Waals surface area contributed by atoms with Crippen molar-refractivity contribution in [3.63, 3.8) is 0 Å². The summed E-state index contributed by atoms with van der Waals surface area (Å²) in [6.45, 7) is 3.68. The van der Waals surface area contributed by atoms with E-state index in [0.717, 1.165) is 18.7 Å². The summed E-state index contributed by atoms with van der Waals surface area (Å²) in [4.78, 5) is 14.1. The van der Waals surface area contributed by atoms with Crippen LogP contribution < -0.4 is 10.6 Å². The van der Waals surface area contributed by atoms with Gasteiger partial charge in [-0.25, -0.2) is 4.79 Å². The molecule has 1 heterocycles. The van der Waals surface area contributed by atoms with Gasteiger partial charge in [0.25, 0.3) is 0 Å². The minimum absolute atomic E-state index is 0.222. The second kappa shape index (κ2) is 7.04. The first kappa shape index (κ1) is 17.3. The zero-order chi connectivity index (χ0) is 16.3. The van der Waals surface area contributed by atoms with E-state index in [4.69, 9.17) is 23.2 Å². The maximum absolute atomic E-state index is 11.9. The van der Waals surface area contributed by atoms with Gasteiger partial charge in [0.1, 0.15) is 0 Å². The highest BCUT2D eigenvalue weighted by Gasteiger charge is 2.31. The molecule has 122 valence electrons. The summed E-state index contributed by atoms with van der Waals surface area (Å²) in [5, 5.41) is 16.8. The Hall–Kier alpha value is -1.01. The van der Waals surface area contributed by atoms with E-state index in [2.05, 4.69) is 15.5 Å². The van der Waals surface area contributed by atoms with E-state index in [1.165, 1.54) is 0 Å². The molecule has 0 saturated carbocycles. The van der Waals surface area contributed by atoms with Crippen LogP contribution in [0.25, 0.3) is 0 Å². The fourth-order valence-electron chi connectivity index (χ4n) is 2.35. The van der Waals surface area contributed by atoms with Crippen molar-refractivity contribution in [1.29, 1.82) is 0 Å². The minimum atomic E-state index is -0.841. The average Bonchev–Trinajstić information content (AvgIpc) is 2.46. The van der Waals surface area contributed by atoms with Gasteiger partial charge in [-0.1, -0.05) is 23.2 Å². The molecule has 1 aliphatic rings. The second-order valence-electron chi connectivity index (χ2n) is 5.90. The lowest BCUT2D eigenvalue weighted by atomic mass is 9.92. The zero-order valence-electron chi connectivity index (χ0n) is 12.7. The summed E-state index contributed by atoms with van der Waals surface area (Å²) < 4.78 is 0. The number of amides is 2. The highest BCUT2D eigenvalue weighted by molar-refractivity contribution is 6.36. The van der Waals surface area contributed by atoms with Crippen LogP contribution in [0.3, 0.4) is 0 Å². The maximum atomic E-state index is 11.9. The molecule has 0 spiro atoms. The molecule has 0 aromatic heterocycles. The molecule has 0 bridgehead atoms. The zero-order valence-corrected chi connectivity index (χ0v) is 14.3. The molecule has 0 atom stereocenters. The molecule has 2 amide bonds. The van der Waals surface area contributed by atoms with Gasteiger partial charge < -0.3 is 20.6 Å². The van der Waals surface area contributed by atoms with Gasteiger partial charge in [-0.15, -0.1) is 0 Å². The molecule has 2 rings (SSSR count). The summed E-state index contributed by atoms with van der Waals surface area (Å²) in [5.41, 5.74) is 0.454. The van der Waals surface area contributed by atoms with Gasteiger partial charge >= 0.3 is 6.03 Å². The third kappa shape index (κ3) is 4.49. The molecular formula is C15H21Cl2N3O2. The topological polar surface area (TPSA) is 64.6 Å². The number of urea groups is 1. The van der Waals surface area contributed by atoms with E-state index >= 15 is 0 Å². The number of nitrogens with one attached hydrogen (secondary N) is 2. The van der Waals surface area contributed by atoms with E-state index < -0.39 is 5.60 Å². The third-order valence-electron chi connectivity index (χ3n) is 4.03. The van der Waals surface area contributed by atoms with Crippen molar-refractivity contribution < 1.29 is 9.90 Å². The molecule has 1 aliphatic heterocycles. The number of piperidine rings is 1. The normalized spacial score (nSPS) is 18.0. The molecule has 1 fully saturated rings. The van der Waals surface area contributed by atoms with Crippen molar-refractivity contribution in [2.24, 2.45) is 0 Å². The number of aliphatic hydroxyl groups is 1. The number of hydrogen-bond donors (Lipinski definition) is 3. The molecule has 0 radical (unpaired) electrons. The fourth-order valence-corrected chi connectivity index (χ4v) is 2.84. The first-order valence-electron chi connectivity index (χ1n) is 7.20. The molecule has 7 heteroatoms. The summed E-state index contributed by atoms with van der Waals surface area (Å²) >= 11 is 12.1. The molecular weight excluding hydrogens is 325 g/mol. The Balaban J connectivity index is 1.88. The largest absolute Gasteiger partial charge is 0.388 e. The minimum Gasteiger partial charge on any atom is -0.388 e. The van der Waals surface area contributed by atoms with Gasteiger partial charge in [0.05, 0.1) is 5.60 Å². The van der Waals surface area contributed by atoms with Crippen molar-refractivity contribution in [2.45, 2.75) is 25.4 Å². The van der Waals surface area contributed by atoms with Crippen molar-refractivity contribution in [3.8, 4) is 0 Å². The highest BCUT2D eigenvalue weighted by Crippen LogP contribution is 2.28. The van der Waals surface area contributed by atoms with E-state index in [1.807, 2.05) is 14.0 Å². The molecule has 22 heavy (non-hydrogen) atoms. The van der Waals surface area contributed by atoms with Crippen molar-refractivity contribution in [3.05, 3.63) is 27.7 Å². The summed E-state index contributed by atoms with van der Waals surface area (Å²) in [6.07, 6.45) is 1.29. The lowest BCUT2D eigenvalue weighted by molar-refractivity contribution is -0.0120. The summed E-state index contributed by atoms with van der Waals surface area (Å²) in [6, 6.07) is 2.91. The van der Waals surface area contributed by atoms with E-state index in [1.54, 1.807) is 12.1 Å². The smallest absolute Gasteiger partial charge is 0.319 e. The lowest BCUT2D eigenvalue weighted by Crippen LogP contribution is -2.50. The Bertz CT molecular complexity index is 535. The van der Waals surface area contributed by atoms with Crippen LogP contribution in [0.15, 0.2) is 12.1 Å². The lowest BCUT2D eigenvalue weighted by Gasteiger charge is -2.36. The predicted molar refractivity (Wildman–Crippen MR) is 89.9 cm³/mol. The van der Waals surface area contributed by atoms with Crippen LogP contribution in [0.2, 0.25) is 10.0 Å². The number of rotatable bonds is 3. The molecule has 3 N–H and O–H groups in total. The number of carbonyl (C=O) groups is 1. The molecule has 0 aliphatic carbocycles. The Morgan fingerprint density at radius 3 is 2.41 bits per heavy atom. The standard InChI is InChI=1S/C15H21Cl2N3O2/c1-10-12(16)7-11(8-13(10)17)19-14(21)18-9-15(22)3-5-20(2)6-4-15/h7-8,22H,3-6,9H2,1-2H3,(H2,18,19,21).